The number of hydrogen-bond donors (Lipinski definition) is 1. The molecule has 1 unspecified atom stereocenters. The lowest BCUT2D eigenvalue weighted by Gasteiger charge is -2.29. The monoisotopic (exact) mass is 431 g/mol. The van der Waals surface area contributed by atoms with Crippen LogP contribution < -0.4 is 9.62 Å². The molecule has 0 spiro atoms. The molecular weight excluding hydrogens is 398 g/mol. The number of carbonyl (C=O) groups excluding carboxylic acids is 1. The van der Waals surface area contributed by atoms with Crippen LogP contribution in [0.15, 0.2) is 36.4 Å². The van der Waals surface area contributed by atoms with Crippen LogP contribution in [0.5, 0.6) is 0 Å². The number of anilines is 1. The summed E-state index contributed by atoms with van der Waals surface area (Å²) in [5, 5.41) is 3.01. The molecule has 164 valence electrons. The molecule has 2 rings (SSSR count). The predicted octanol–water partition coefficient (Wildman–Crippen LogP) is 3.80. The van der Waals surface area contributed by atoms with E-state index in [0.29, 0.717) is 12.1 Å². The van der Waals surface area contributed by atoms with E-state index in [4.69, 9.17) is 0 Å². The van der Waals surface area contributed by atoms with E-state index in [9.17, 15) is 13.2 Å². The highest BCUT2D eigenvalue weighted by Crippen LogP contribution is 2.26. The smallest absolute Gasteiger partial charge is 0.304 e. The third kappa shape index (κ3) is 5.40. The van der Waals surface area contributed by atoms with Gasteiger partial charge in [-0.25, -0.2) is 4.31 Å². The van der Waals surface area contributed by atoms with Crippen LogP contribution in [-0.2, 0) is 15.0 Å². The molecule has 1 N–H and O–H groups in total. The van der Waals surface area contributed by atoms with Crippen molar-refractivity contribution in [3.8, 4) is 0 Å². The number of amides is 1. The maximum atomic E-state index is 13.0. The second kappa shape index (κ2) is 9.62. The average Bonchev–Trinajstić information content (AvgIpc) is 2.68. The lowest BCUT2D eigenvalue weighted by molar-refractivity contribution is -0.120. The lowest BCUT2D eigenvalue weighted by atomic mass is 9.99. The van der Waals surface area contributed by atoms with E-state index in [-0.39, 0.29) is 18.5 Å². The Kier molecular flexibility index (Phi) is 7.66. The van der Waals surface area contributed by atoms with E-state index < -0.39 is 10.2 Å². The van der Waals surface area contributed by atoms with Gasteiger partial charge in [-0.15, -0.1) is 0 Å². The van der Waals surface area contributed by atoms with Gasteiger partial charge in [0, 0.05) is 14.1 Å². The van der Waals surface area contributed by atoms with Crippen molar-refractivity contribution in [1.82, 2.24) is 9.62 Å². The Bertz CT molecular complexity index is 1020. The number of hydrogen-bond acceptors (Lipinski definition) is 3. The van der Waals surface area contributed by atoms with Gasteiger partial charge in [-0.2, -0.15) is 12.7 Å². The zero-order chi connectivity index (χ0) is 22.6. The van der Waals surface area contributed by atoms with E-state index in [1.165, 1.54) is 24.0 Å². The molecular formula is C23H33N3O3S. The Morgan fingerprint density at radius 1 is 0.967 bits per heavy atom. The van der Waals surface area contributed by atoms with Gasteiger partial charge in [0.15, 0.2) is 0 Å². The second-order valence-electron chi connectivity index (χ2n) is 7.96. The Labute approximate surface area is 181 Å². The first-order valence-corrected chi connectivity index (χ1v) is 11.5. The van der Waals surface area contributed by atoms with Crippen molar-refractivity contribution in [3.05, 3.63) is 64.2 Å². The molecule has 1 amide bonds. The molecule has 7 heteroatoms. The summed E-state index contributed by atoms with van der Waals surface area (Å²) in [6.45, 7) is 9.54. The van der Waals surface area contributed by atoms with Gasteiger partial charge in [-0.05, 0) is 68.0 Å². The Morgan fingerprint density at radius 3 is 2.17 bits per heavy atom. The molecule has 0 aliphatic carbocycles. The highest BCUT2D eigenvalue weighted by Gasteiger charge is 2.29. The molecule has 0 aliphatic rings. The number of nitrogens with one attached hydrogen (secondary N) is 1. The third-order valence-corrected chi connectivity index (χ3v) is 7.14. The van der Waals surface area contributed by atoms with E-state index >= 15 is 0 Å². The highest BCUT2D eigenvalue weighted by atomic mass is 32.2. The molecule has 0 radical (unpaired) electrons. The summed E-state index contributed by atoms with van der Waals surface area (Å²) in [6.07, 6.45) is 0.706. The van der Waals surface area contributed by atoms with Crippen LogP contribution in [0.1, 0.15) is 47.2 Å². The summed E-state index contributed by atoms with van der Waals surface area (Å²) < 4.78 is 28.3. The van der Waals surface area contributed by atoms with Crippen LogP contribution in [0.4, 0.5) is 5.69 Å². The Hall–Kier alpha value is -2.38. The minimum absolute atomic E-state index is 0.181. The summed E-state index contributed by atoms with van der Waals surface area (Å²) in [5.41, 5.74) is 5.60. The van der Waals surface area contributed by atoms with Gasteiger partial charge in [-0.1, -0.05) is 37.3 Å². The molecule has 0 heterocycles. The number of aryl methyl sites for hydroxylation is 4. The van der Waals surface area contributed by atoms with Gasteiger partial charge in [0.05, 0.1) is 11.7 Å². The fourth-order valence-electron chi connectivity index (χ4n) is 3.25. The van der Waals surface area contributed by atoms with Crippen LogP contribution in [-0.4, -0.2) is 39.3 Å². The van der Waals surface area contributed by atoms with Gasteiger partial charge in [0.1, 0.15) is 6.54 Å². The van der Waals surface area contributed by atoms with Crippen LogP contribution in [0.25, 0.3) is 0 Å². The van der Waals surface area contributed by atoms with E-state index in [0.717, 1.165) is 26.6 Å². The van der Waals surface area contributed by atoms with Crippen molar-refractivity contribution < 1.29 is 13.2 Å². The van der Waals surface area contributed by atoms with Crippen LogP contribution in [0.2, 0.25) is 0 Å². The summed E-state index contributed by atoms with van der Waals surface area (Å²) in [7, 11) is -0.905. The molecule has 0 aliphatic heterocycles. The average molecular weight is 432 g/mol. The highest BCUT2D eigenvalue weighted by molar-refractivity contribution is 7.90. The zero-order valence-corrected chi connectivity index (χ0v) is 19.8. The van der Waals surface area contributed by atoms with Gasteiger partial charge in [0.25, 0.3) is 0 Å². The van der Waals surface area contributed by atoms with Crippen molar-refractivity contribution >= 4 is 21.8 Å². The van der Waals surface area contributed by atoms with Crippen molar-refractivity contribution in [2.45, 2.75) is 47.1 Å². The first kappa shape index (κ1) is 23.9. The maximum Gasteiger partial charge on any atom is 0.304 e. The molecule has 30 heavy (non-hydrogen) atoms. The fourth-order valence-corrected chi connectivity index (χ4v) is 4.37. The minimum atomic E-state index is -3.84. The molecule has 6 nitrogen and oxygen atoms in total. The first-order chi connectivity index (χ1) is 14.0. The number of carbonyl (C=O) groups is 1. The molecule has 1 atom stereocenters. The summed E-state index contributed by atoms with van der Waals surface area (Å²) in [6, 6.07) is 11.5. The normalized spacial score (nSPS) is 12.7. The number of rotatable bonds is 8. The Morgan fingerprint density at radius 2 is 1.60 bits per heavy atom. The SMILES string of the molecule is CCC(NC(=O)CN(c1cc(C)ccc1C)S(=O)(=O)N(C)C)c1ccc(C)c(C)c1. The van der Waals surface area contributed by atoms with Gasteiger partial charge in [0.2, 0.25) is 5.91 Å². The predicted molar refractivity (Wildman–Crippen MR) is 123 cm³/mol. The molecule has 2 aromatic rings. The minimum Gasteiger partial charge on any atom is -0.348 e. The zero-order valence-electron chi connectivity index (χ0n) is 19.0. The molecule has 0 fully saturated rings. The molecule has 0 aromatic heterocycles. The summed E-state index contributed by atoms with van der Waals surface area (Å²) in [4.78, 5) is 13.0. The third-order valence-electron chi connectivity index (χ3n) is 5.34. The van der Waals surface area contributed by atoms with Gasteiger partial charge < -0.3 is 5.32 Å². The Balaban J connectivity index is 2.33. The standard InChI is InChI=1S/C23H33N3O3S/c1-8-21(20-12-11-17(3)19(5)14-20)24-23(27)15-26(30(28,29)25(6)7)22-13-16(2)9-10-18(22)4/h9-14,21H,8,15H2,1-7H3,(H,24,27). The van der Waals surface area contributed by atoms with Gasteiger partial charge >= 0.3 is 10.2 Å². The van der Waals surface area contributed by atoms with E-state index in [2.05, 4.69) is 11.4 Å². The quantitative estimate of drug-likeness (QED) is 0.691. The topological polar surface area (TPSA) is 69.7 Å². The van der Waals surface area contributed by atoms with E-state index in [1.54, 1.807) is 6.07 Å². The van der Waals surface area contributed by atoms with Crippen molar-refractivity contribution in [3.63, 3.8) is 0 Å². The fraction of sp³-hybridized carbons (Fsp3) is 0.435. The van der Waals surface area contributed by atoms with Crippen molar-refractivity contribution in [1.29, 1.82) is 0 Å². The van der Waals surface area contributed by atoms with Crippen molar-refractivity contribution in [2.24, 2.45) is 0 Å². The number of nitrogens with zero attached hydrogens (tertiary/aromatic N) is 2. The molecule has 2 aromatic carbocycles. The molecule has 0 saturated heterocycles. The summed E-state index contributed by atoms with van der Waals surface area (Å²) in [5.74, 6) is -0.341. The summed E-state index contributed by atoms with van der Waals surface area (Å²) >= 11 is 0. The van der Waals surface area contributed by atoms with Crippen LogP contribution in [0.3, 0.4) is 0 Å². The molecule has 0 bridgehead atoms. The lowest BCUT2D eigenvalue weighted by Crippen LogP contribution is -2.46. The van der Waals surface area contributed by atoms with Crippen LogP contribution in [0, 0.1) is 27.7 Å². The number of benzene rings is 2. The second-order valence-corrected chi connectivity index (χ2v) is 10.0. The van der Waals surface area contributed by atoms with Crippen molar-refractivity contribution in [2.75, 3.05) is 24.9 Å². The van der Waals surface area contributed by atoms with Crippen LogP contribution >= 0.6 is 0 Å². The van der Waals surface area contributed by atoms with Gasteiger partial charge in [-0.3, -0.25) is 4.79 Å². The largest absolute Gasteiger partial charge is 0.348 e. The maximum absolute atomic E-state index is 13.0. The first-order valence-electron chi connectivity index (χ1n) is 10.1. The van der Waals surface area contributed by atoms with E-state index in [1.807, 2.05) is 58.9 Å². The molecule has 0 saturated carbocycles.